The molecule has 0 atom stereocenters. The molecule has 0 bridgehead atoms. The molecule has 2 aromatic heterocycles. The minimum Gasteiger partial charge on any atom is -0.477 e. The number of carboxylic acid groups (broad SMARTS) is 1. The number of carboxylic acids is 1. The van der Waals surface area contributed by atoms with Crippen molar-refractivity contribution in [2.24, 2.45) is 17.3 Å². The molecule has 1 aliphatic carbocycles. The topological polar surface area (TPSA) is 70.5 Å². The van der Waals surface area contributed by atoms with Crippen molar-refractivity contribution >= 4 is 34.5 Å². The van der Waals surface area contributed by atoms with Crippen LogP contribution in [0.2, 0.25) is 0 Å². The molecule has 3 rings (SSSR count). The minimum atomic E-state index is -1.02. The summed E-state index contributed by atoms with van der Waals surface area (Å²) < 4.78 is 0. The van der Waals surface area contributed by atoms with Crippen LogP contribution in [0.15, 0.2) is 30.6 Å². The number of carbonyl (C=O) groups is 2. The highest BCUT2D eigenvalue weighted by molar-refractivity contribution is 7.15. The maximum atomic E-state index is 13.2. The summed E-state index contributed by atoms with van der Waals surface area (Å²) in [5.74, 6) is 6.10. The van der Waals surface area contributed by atoms with Crippen LogP contribution in [0.1, 0.15) is 67.9 Å². The Kier molecular flexibility index (Phi) is 7.17. The maximum absolute atomic E-state index is 13.2. The summed E-state index contributed by atoms with van der Waals surface area (Å²) in [7, 11) is 0. The Morgan fingerprint density at radius 2 is 1.97 bits per heavy atom. The number of pyridine rings is 1. The number of hydrogen-bond acceptors (Lipinski definition) is 5. The Morgan fingerprint density at radius 3 is 2.55 bits per heavy atom. The molecule has 31 heavy (non-hydrogen) atoms. The zero-order chi connectivity index (χ0) is 22.6. The van der Waals surface area contributed by atoms with Crippen LogP contribution < -0.4 is 4.90 Å². The van der Waals surface area contributed by atoms with Gasteiger partial charge in [0.05, 0.1) is 29.0 Å². The van der Waals surface area contributed by atoms with Crippen molar-refractivity contribution in [3.63, 3.8) is 0 Å². The van der Waals surface area contributed by atoms with E-state index in [9.17, 15) is 14.7 Å². The molecule has 1 aliphatic rings. The first-order valence-corrected chi connectivity index (χ1v) is 11.6. The normalized spacial score (nSPS) is 18.7. The third-order valence-electron chi connectivity index (χ3n) is 5.50. The van der Waals surface area contributed by atoms with Crippen LogP contribution in [-0.2, 0) is 4.79 Å². The van der Waals surface area contributed by atoms with Gasteiger partial charge in [0.25, 0.3) is 0 Å². The summed E-state index contributed by atoms with van der Waals surface area (Å²) in [5, 5.41) is 9.85. The van der Waals surface area contributed by atoms with Crippen molar-refractivity contribution in [1.29, 1.82) is 0 Å². The summed E-state index contributed by atoms with van der Waals surface area (Å²) in [6.45, 7) is 8.40. The fraction of sp³-hybridized carbons (Fsp3) is 0.480. The molecule has 0 aromatic carbocycles. The monoisotopic (exact) mass is 438 g/mol. The smallest absolute Gasteiger partial charge is 0.348 e. The molecule has 1 N–H and O–H groups in total. The lowest BCUT2D eigenvalue weighted by atomic mass is 9.81. The summed E-state index contributed by atoms with van der Waals surface area (Å²) in [5.41, 5.74) is 1.02. The van der Waals surface area contributed by atoms with E-state index in [1.165, 1.54) is 0 Å². The molecule has 2 heterocycles. The molecule has 164 valence electrons. The lowest BCUT2D eigenvalue weighted by Crippen LogP contribution is -2.32. The van der Waals surface area contributed by atoms with Crippen LogP contribution in [0.4, 0.5) is 11.4 Å². The number of rotatable bonds is 6. The van der Waals surface area contributed by atoms with Crippen molar-refractivity contribution in [2.75, 3.05) is 11.4 Å². The number of hydrogen-bond donors (Lipinski definition) is 1. The van der Waals surface area contributed by atoms with Crippen LogP contribution in [-0.4, -0.2) is 28.4 Å². The van der Waals surface area contributed by atoms with Gasteiger partial charge in [-0.05, 0) is 57.7 Å². The van der Waals surface area contributed by atoms with Crippen LogP contribution in [0.5, 0.6) is 0 Å². The molecule has 0 radical (unpaired) electrons. The number of nitrogens with zero attached hydrogens (tertiary/aromatic N) is 2. The third kappa shape index (κ3) is 6.18. The number of ketones is 1. The SMILES string of the molecule is CC(C)(C)C#Cc1cc(N(CC(=O)[C@H]2CC[C@H](C)CC2)c2cccnc2)c(C(=O)O)s1. The van der Waals surface area contributed by atoms with E-state index in [4.69, 9.17) is 0 Å². The van der Waals surface area contributed by atoms with Gasteiger partial charge in [-0.25, -0.2) is 4.79 Å². The Morgan fingerprint density at radius 1 is 1.26 bits per heavy atom. The molecule has 0 aliphatic heterocycles. The predicted molar refractivity (Wildman–Crippen MR) is 125 cm³/mol. The average molecular weight is 439 g/mol. The van der Waals surface area contributed by atoms with E-state index < -0.39 is 5.97 Å². The van der Waals surface area contributed by atoms with Crippen LogP contribution in [0.25, 0.3) is 0 Å². The maximum Gasteiger partial charge on any atom is 0.348 e. The second kappa shape index (κ2) is 9.65. The average Bonchev–Trinajstić information content (AvgIpc) is 3.15. The van der Waals surface area contributed by atoms with Gasteiger partial charge in [-0.3, -0.25) is 9.78 Å². The first-order valence-electron chi connectivity index (χ1n) is 10.7. The van der Waals surface area contributed by atoms with Crippen molar-refractivity contribution in [3.8, 4) is 11.8 Å². The number of thiophene rings is 1. The van der Waals surface area contributed by atoms with Crippen LogP contribution >= 0.6 is 11.3 Å². The van der Waals surface area contributed by atoms with E-state index in [1.54, 1.807) is 29.4 Å². The molecule has 2 aromatic rings. The van der Waals surface area contributed by atoms with Crippen molar-refractivity contribution in [1.82, 2.24) is 4.98 Å². The van der Waals surface area contributed by atoms with Gasteiger partial charge < -0.3 is 10.0 Å². The molecule has 5 nitrogen and oxygen atoms in total. The van der Waals surface area contributed by atoms with Gasteiger partial charge in [-0.15, -0.1) is 11.3 Å². The molecule has 0 spiro atoms. The standard InChI is InChI=1S/C25H30N2O3S/c1-17-7-9-18(10-8-17)22(28)16-27(19-6-5-13-26-15-19)21-14-20(11-12-25(2,3)4)31-23(21)24(29)30/h5-6,13-15,17-18H,7-10,16H2,1-4H3,(H,29,30)/t17-,18-. The van der Waals surface area contributed by atoms with E-state index in [1.807, 2.05) is 26.8 Å². The van der Waals surface area contributed by atoms with Gasteiger partial charge in [0.1, 0.15) is 4.88 Å². The van der Waals surface area contributed by atoms with Gasteiger partial charge in [-0.1, -0.05) is 31.6 Å². The van der Waals surface area contributed by atoms with E-state index in [-0.39, 0.29) is 28.5 Å². The van der Waals surface area contributed by atoms with Crippen LogP contribution in [0.3, 0.4) is 0 Å². The number of carbonyl (C=O) groups excluding carboxylic acids is 1. The minimum absolute atomic E-state index is 0.0300. The predicted octanol–water partition coefficient (Wildman–Crippen LogP) is 5.77. The van der Waals surface area contributed by atoms with Gasteiger partial charge in [0.2, 0.25) is 0 Å². The quantitative estimate of drug-likeness (QED) is 0.580. The zero-order valence-corrected chi connectivity index (χ0v) is 19.5. The summed E-state index contributed by atoms with van der Waals surface area (Å²) in [4.78, 5) is 32.0. The Hall–Kier alpha value is -2.65. The number of anilines is 2. The largest absolute Gasteiger partial charge is 0.477 e. The number of Topliss-reactive ketones (excluding diaryl/α,β-unsaturated/α-hetero) is 1. The Balaban J connectivity index is 1.97. The van der Waals surface area contributed by atoms with Crippen LogP contribution in [0, 0.1) is 29.1 Å². The van der Waals surface area contributed by atoms with Crippen molar-refractivity contribution < 1.29 is 14.7 Å². The summed E-state index contributed by atoms with van der Waals surface area (Å²) in [6, 6.07) is 5.44. The molecule has 0 unspecified atom stereocenters. The first kappa shape index (κ1) is 23.0. The fourth-order valence-corrected chi connectivity index (χ4v) is 4.60. The van der Waals surface area contributed by atoms with Crippen molar-refractivity contribution in [2.45, 2.75) is 53.4 Å². The molecular weight excluding hydrogens is 408 g/mol. The highest BCUT2D eigenvalue weighted by atomic mass is 32.1. The zero-order valence-electron chi connectivity index (χ0n) is 18.6. The van der Waals surface area contributed by atoms with E-state index in [0.29, 0.717) is 22.2 Å². The molecule has 0 amide bonds. The van der Waals surface area contributed by atoms with Gasteiger partial charge in [0, 0.05) is 17.5 Å². The Labute approximate surface area is 188 Å². The molecule has 0 saturated heterocycles. The number of aromatic nitrogens is 1. The highest BCUT2D eigenvalue weighted by Crippen LogP contribution is 2.36. The lowest BCUT2D eigenvalue weighted by Gasteiger charge is -2.29. The summed E-state index contributed by atoms with van der Waals surface area (Å²) >= 11 is 1.15. The van der Waals surface area contributed by atoms with Crippen molar-refractivity contribution in [3.05, 3.63) is 40.3 Å². The lowest BCUT2D eigenvalue weighted by molar-refractivity contribution is -0.122. The van der Waals surface area contributed by atoms with Gasteiger partial charge >= 0.3 is 5.97 Å². The summed E-state index contributed by atoms with van der Waals surface area (Å²) in [6.07, 6.45) is 7.26. The molecular formula is C25H30N2O3S. The third-order valence-corrected chi connectivity index (χ3v) is 6.53. The molecule has 1 fully saturated rings. The molecule has 6 heteroatoms. The second-order valence-electron chi connectivity index (χ2n) is 9.35. The van der Waals surface area contributed by atoms with E-state index >= 15 is 0 Å². The second-order valence-corrected chi connectivity index (χ2v) is 10.4. The molecule has 1 saturated carbocycles. The Bertz CT molecular complexity index is 987. The number of aromatic carboxylic acids is 1. The highest BCUT2D eigenvalue weighted by Gasteiger charge is 2.28. The van der Waals surface area contributed by atoms with Gasteiger partial charge in [0.15, 0.2) is 5.78 Å². The first-order chi connectivity index (χ1) is 14.6. The van der Waals surface area contributed by atoms with E-state index in [0.717, 1.165) is 37.0 Å². The fourth-order valence-electron chi connectivity index (χ4n) is 3.74. The van der Waals surface area contributed by atoms with E-state index in [2.05, 4.69) is 23.7 Å². The van der Waals surface area contributed by atoms with Gasteiger partial charge in [-0.2, -0.15) is 0 Å².